The lowest BCUT2D eigenvalue weighted by Crippen LogP contribution is -2.33. The number of oxazole rings is 1. The number of thiophene rings is 1. The van der Waals surface area contributed by atoms with Crippen molar-refractivity contribution in [1.82, 2.24) is 10.3 Å². The molecule has 6 heteroatoms. The molecule has 2 aromatic rings. The van der Waals surface area contributed by atoms with Crippen LogP contribution < -0.4 is 5.32 Å². The molecule has 3 rings (SSSR count). The van der Waals surface area contributed by atoms with E-state index in [1.165, 1.54) is 12.8 Å². The van der Waals surface area contributed by atoms with E-state index in [9.17, 15) is 4.79 Å². The molecular weight excluding hydrogens is 316 g/mol. The fourth-order valence-corrected chi connectivity index (χ4v) is 4.13. The second kappa shape index (κ2) is 7.33. The van der Waals surface area contributed by atoms with Gasteiger partial charge in [-0.2, -0.15) is 0 Å². The predicted octanol–water partition coefficient (Wildman–Crippen LogP) is 4.00. The van der Waals surface area contributed by atoms with Gasteiger partial charge in [-0.1, -0.05) is 18.9 Å². The summed E-state index contributed by atoms with van der Waals surface area (Å²) in [4.78, 5) is 17.5. The fraction of sp³-hybridized carbons (Fsp3) is 0.500. The summed E-state index contributed by atoms with van der Waals surface area (Å²) in [5.74, 6) is 2.85. The number of hydrogen-bond acceptors (Lipinski definition) is 5. The molecule has 0 aromatic carbocycles. The van der Waals surface area contributed by atoms with Crippen molar-refractivity contribution in [2.24, 2.45) is 0 Å². The van der Waals surface area contributed by atoms with Crippen LogP contribution in [0.15, 0.2) is 21.9 Å². The van der Waals surface area contributed by atoms with E-state index in [2.05, 4.69) is 10.3 Å². The number of amides is 1. The molecule has 1 fully saturated rings. The maximum Gasteiger partial charge on any atom is 0.236 e. The van der Waals surface area contributed by atoms with Gasteiger partial charge in [0, 0.05) is 11.8 Å². The first-order valence-electron chi connectivity index (χ1n) is 7.59. The van der Waals surface area contributed by atoms with Gasteiger partial charge in [0.05, 0.1) is 16.3 Å². The molecule has 1 saturated carbocycles. The smallest absolute Gasteiger partial charge is 0.236 e. The van der Waals surface area contributed by atoms with E-state index in [4.69, 9.17) is 4.42 Å². The summed E-state index contributed by atoms with van der Waals surface area (Å²) in [7, 11) is 0. The minimum atomic E-state index is 0.136. The maximum absolute atomic E-state index is 11.9. The zero-order valence-corrected chi connectivity index (χ0v) is 14.3. The van der Waals surface area contributed by atoms with Crippen molar-refractivity contribution >= 4 is 29.0 Å². The molecule has 1 aliphatic rings. The summed E-state index contributed by atoms with van der Waals surface area (Å²) in [6, 6.07) is 4.38. The van der Waals surface area contributed by atoms with Crippen molar-refractivity contribution < 1.29 is 9.21 Å². The Morgan fingerprint density at radius 3 is 3.05 bits per heavy atom. The average molecular weight is 336 g/mol. The minimum absolute atomic E-state index is 0.136. The number of aryl methyl sites for hydroxylation is 1. The predicted molar refractivity (Wildman–Crippen MR) is 91.1 cm³/mol. The fourth-order valence-electron chi connectivity index (χ4n) is 2.65. The van der Waals surface area contributed by atoms with Crippen LogP contribution in [0.2, 0.25) is 0 Å². The van der Waals surface area contributed by atoms with Crippen LogP contribution in [-0.4, -0.2) is 22.7 Å². The van der Waals surface area contributed by atoms with Crippen molar-refractivity contribution in [3.05, 3.63) is 29.0 Å². The van der Waals surface area contributed by atoms with Gasteiger partial charge in [-0.3, -0.25) is 4.79 Å². The summed E-state index contributed by atoms with van der Waals surface area (Å²) in [6.45, 7) is 1.93. The molecule has 1 N–H and O–H groups in total. The van der Waals surface area contributed by atoms with E-state index in [0.717, 1.165) is 29.2 Å². The molecule has 1 aliphatic carbocycles. The van der Waals surface area contributed by atoms with Crippen molar-refractivity contribution in [3.8, 4) is 10.8 Å². The Hall–Kier alpha value is -1.27. The maximum atomic E-state index is 11.9. The third-order valence-electron chi connectivity index (χ3n) is 3.82. The largest absolute Gasteiger partial charge is 0.440 e. The van der Waals surface area contributed by atoms with Gasteiger partial charge in [-0.15, -0.1) is 23.1 Å². The van der Waals surface area contributed by atoms with Crippen LogP contribution in [-0.2, 0) is 10.5 Å². The molecule has 0 radical (unpaired) electrons. The highest BCUT2D eigenvalue weighted by atomic mass is 32.2. The third-order valence-corrected chi connectivity index (χ3v) is 5.62. The van der Waals surface area contributed by atoms with Gasteiger partial charge in [0.25, 0.3) is 0 Å². The van der Waals surface area contributed by atoms with E-state index >= 15 is 0 Å². The average Bonchev–Trinajstić information content (AvgIpc) is 3.21. The van der Waals surface area contributed by atoms with Gasteiger partial charge in [0.1, 0.15) is 5.76 Å². The summed E-state index contributed by atoms with van der Waals surface area (Å²) < 4.78 is 5.71. The molecule has 0 bridgehead atoms. The number of carbonyl (C=O) groups excluding carboxylic acids is 1. The van der Waals surface area contributed by atoms with Gasteiger partial charge in [-0.05, 0) is 31.2 Å². The number of nitrogens with one attached hydrogen (secondary N) is 1. The summed E-state index contributed by atoms with van der Waals surface area (Å²) in [5.41, 5.74) is 0.932. The molecule has 2 heterocycles. The van der Waals surface area contributed by atoms with Gasteiger partial charge < -0.3 is 9.73 Å². The highest BCUT2D eigenvalue weighted by molar-refractivity contribution is 7.99. The molecule has 0 unspecified atom stereocenters. The first-order valence-corrected chi connectivity index (χ1v) is 9.63. The summed E-state index contributed by atoms with van der Waals surface area (Å²) in [6.07, 6.45) is 4.73. The monoisotopic (exact) mass is 336 g/mol. The van der Waals surface area contributed by atoms with Crippen LogP contribution >= 0.6 is 23.1 Å². The molecule has 4 nitrogen and oxygen atoms in total. The summed E-state index contributed by atoms with van der Waals surface area (Å²) in [5, 5.41) is 5.12. The van der Waals surface area contributed by atoms with E-state index in [-0.39, 0.29) is 5.91 Å². The third kappa shape index (κ3) is 3.93. The Morgan fingerprint density at radius 2 is 2.32 bits per heavy atom. The lowest BCUT2D eigenvalue weighted by Gasteiger charge is -2.11. The van der Waals surface area contributed by atoms with E-state index < -0.39 is 0 Å². The molecule has 118 valence electrons. The Balaban J connectivity index is 1.48. The van der Waals surface area contributed by atoms with Crippen LogP contribution in [0.1, 0.15) is 37.1 Å². The number of rotatable bonds is 6. The number of hydrogen-bond donors (Lipinski definition) is 1. The highest BCUT2D eigenvalue weighted by Gasteiger charge is 2.17. The number of thioether (sulfide) groups is 1. The number of nitrogens with zero attached hydrogens (tertiary/aromatic N) is 1. The van der Waals surface area contributed by atoms with Crippen LogP contribution in [0.5, 0.6) is 0 Å². The minimum Gasteiger partial charge on any atom is -0.440 e. The number of carbonyl (C=O) groups is 1. The Morgan fingerprint density at radius 1 is 1.50 bits per heavy atom. The van der Waals surface area contributed by atoms with Crippen molar-refractivity contribution in [2.45, 2.75) is 44.4 Å². The zero-order chi connectivity index (χ0) is 15.4. The molecule has 0 saturated heterocycles. The molecule has 0 atom stereocenters. The van der Waals surface area contributed by atoms with Gasteiger partial charge in [0.15, 0.2) is 0 Å². The van der Waals surface area contributed by atoms with E-state index in [0.29, 0.717) is 23.4 Å². The van der Waals surface area contributed by atoms with Crippen molar-refractivity contribution in [2.75, 3.05) is 5.75 Å². The van der Waals surface area contributed by atoms with Crippen LogP contribution in [0.4, 0.5) is 0 Å². The molecular formula is C16H20N2O2S2. The molecule has 22 heavy (non-hydrogen) atoms. The Kier molecular flexibility index (Phi) is 5.20. The lowest BCUT2D eigenvalue weighted by atomic mass is 10.2. The first kappa shape index (κ1) is 15.6. The Labute approximate surface area is 138 Å². The van der Waals surface area contributed by atoms with Crippen molar-refractivity contribution in [1.29, 1.82) is 0 Å². The van der Waals surface area contributed by atoms with Crippen LogP contribution in [0.25, 0.3) is 10.8 Å². The van der Waals surface area contributed by atoms with Gasteiger partial charge >= 0.3 is 0 Å². The normalized spacial score (nSPS) is 15.3. The van der Waals surface area contributed by atoms with Crippen LogP contribution in [0.3, 0.4) is 0 Å². The first-order chi connectivity index (χ1) is 10.7. The van der Waals surface area contributed by atoms with Crippen LogP contribution in [0, 0.1) is 6.92 Å². The molecule has 0 aliphatic heterocycles. The van der Waals surface area contributed by atoms with Gasteiger partial charge in [0.2, 0.25) is 11.8 Å². The highest BCUT2D eigenvalue weighted by Crippen LogP contribution is 2.27. The summed E-state index contributed by atoms with van der Waals surface area (Å²) >= 11 is 3.21. The Bertz CT molecular complexity index is 616. The second-order valence-corrected chi connectivity index (χ2v) is 7.47. The van der Waals surface area contributed by atoms with Crippen molar-refractivity contribution in [3.63, 3.8) is 0 Å². The number of aromatic nitrogens is 1. The zero-order valence-electron chi connectivity index (χ0n) is 12.6. The molecule has 2 aromatic heterocycles. The van der Waals surface area contributed by atoms with E-state index in [1.807, 2.05) is 24.4 Å². The standard InChI is InChI=1S/C16H20N2O2S2/c1-11-13(18-16(20-11)14-7-4-8-22-14)9-21-10-15(19)17-12-5-2-3-6-12/h4,7-8,12H,2-3,5-6,9-10H2,1H3,(H,17,19). The van der Waals surface area contributed by atoms with E-state index in [1.54, 1.807) is 23.1 Å². The lowest BCUT2D eigenvalue weighted by molar-refractivity contribution is -0.119. The topological polar surface area (TPSA) is 55.1 Å². The molecule has 0 spiro atoms. The van der Waals surface area contributed by atoms with Gasteiger partial charge in [-0.25, -0.2) is 4.98 Å². The molecule has 1 amide bonds. The SMILES string of the molecule is Cc1oc(-c2cccs2)nc1CSCC(=O)NC1CCCC1. The quantitative estimate of drug-likeness (QED) is 0.866. The second-order valence-electron chi connectivity index (χ2n) is 5.54.